The molecule has 4 nitrogen and oxygen atoms in total. The summed E-state index contributed by atoms with van der Waals surface area (Å²) in [6.45, 7) is 18.2. The van der Waals surface area contributed by atoms with Crippen LogP contribution >= 0.6 is 0 Å². The zero-order valence-electron chi connectivity index (χ0n) is 30.8. The van der Waals surface area contributed by atoms with E-state index in [1.807, 2.05) is 33.0 Å². The Kier molecular flexibility index (Phi) is 4.85. The third kappa shape index (κ3) is 4.05. The number of H-pyrrole nitrogens is 1. The first-order chi connectivity index (χ1) is 20.0. The van der Waals surface area contributed by atoms with Crippen LogP contribution in [0.3, 0.4) is 0 Å². The molecular formula is C30H274N2O2S. The van der Waals surface area contributed by atoms with E-state index < -0.39 is 9.84 Å². The second-order valence-electron chi connectivity index (χ2n) is 11.9. The molecule has 1 N–H and O–H groups in total. The number of nitrogens with zero attached hydrogens (tertiary/aromatic N) is 1. The third-order valence-electron chi connectivity index (χ3n) is 9.42. The lowest BCUT2D eigenvalue weighted by atomic mass is 9.57. The second-order valence-corrected chi connectivity index (χ2v) is 14.0. The van der Waals surface area contributed by atoms with Crippen LogP contribution in [0.4, 0.5) is 0 Å². The average molecular weight is 737 g/mol. The second kappa shape index (κ2) is 8.48. The predicted octanol–water partition coefficient (Wildman–Crippen LogP) is 35.0. The number of rotatable bonds is 6. The van der Waals surface area contributed by atoms with Crippen LogP contribution in [-0.4, -0.2) is 43.2 Å². The van der Waals surface area contributed by atoms with Gasteiger partial charge in [-0.1, -0.05) is 33.8 Å². The molecule has 0 aliphatic carbocycles. The Labute approximate surface area is 391 Å². The van der Waals surface area contributed by atoms with Crippen LogP contribution in [0.25, 0.3) is 10.9 Å². The minimum atomic E-state index is -3.53. The first-order valence-corrected chi connectivity index (χ1v) is 14.2. The molecule has 0 saturated carbocycles. The van der Waals surface area contributed by atoms with Crippen molar-refractivity contribution in [3.63, 3.8) is 0 Å². The van der Waals surface area contributed by atoms with Gasteiger partial charge in [0, 0.05) is 198 Å². The number of benzene rings is 2. The van der Waals surface area contributed by atoms with Gasteiger partial charge in [0.2, 0.25) is 0 Å². The Morgan fingerprint density at radius 3 is 2.46 bits per heavy atom. The number of hydrogen-bond donors (Lipinski definition) is 1. The topological polar surface area (TPSA) is 53.2 Å². The number of likely N-dealkylation sites (tertiary alicyclic amines) is 1. The molecule has 1 fully saturated rings. The van der Waals surface area contributed by atoms with Gasteiger partial charge in [0.05, 0.1) is 13.4 Å². The first-order valence-electron chi connectivity index (χ1n) is 16.6. The molecule has 422 valence electrons. The minimum Gasteiger partial charge on any atom is -0.361 e. The number of aromatic nitrogens is 1. The van der Waals surface area contributed by atoms with Crippen molar-refractivity contribution in [2.75, 3.05) is 19.3 Å². The van der Waals surface area contributed by atoms with Crippen molar-refractivity contribution in [2.45, 2.75) is 84.1 Å². The van der Waals surface area contributed by atoms with Crippen molar-refractivity contribution < 1.29 is 181 Å². The molecule has 2 aromatic carbocycles. The van der Waals surface area contributed by atoms with Crippen molar-refractivity contribution in [3.05, 3.63) is 64.3 Å². The van der Waals surface area contributed by atoms with Gasteiger partial charge in [0.25, 0.3) is 0 Å². The Morgan fingerprint density at radius 1 is 1.17 bits per heavy atom. The van der Waals surface area contributed by atoms with Gasteiger partial charge in [-0.05, 0) is 112 Å². The largest absolute Gasteiger partial charge is 0.361 e. The lowest BCUT2D eigenvalue weighted by molar-refractivity contribution is 0.0234. The smallest absolute Gasteiger partial charge is 0.178 e. The molecule has 1 aromatic heterocycles. The predicted molar refractivity (Wildman–Crippen MR) is 392 cm³/mol. The monoisotopic (exact) mass is 736 g/mol. The van der Waals surface area contributed by atoms with E-state index in [9.17, 15) is 9.79 Å². The highest BCUT2D eigenvalue weighted by molar-refractivity contribution is 7.91. The summed E-state index contributed by atoms with van der Waals surface area (Å²) in [4.78, 5) is 6.07. The van der Waals surface area contributed by atoms with Crippen LogP contribution in [0.5, 0.6) is 0 Å². The Hall–Kier alpha value is -2.11. The maximum absolute atomic E-state index is 13.2. The van der Waals surface area contributed by atoms with E-state index in [2.05, 4.69) is 51.6 Å². The average Bonchev–Trinajstić information content (AvgIpc) is 3.53. The Morgan fingerprint density at radius 2 is 1.86 bits per heavy atom. The number of likely N-dealkylation sites (N-methyl/N-ethyl adjacent to an activating group) is 1. The van der Waals surface area contributed by atoms with Crippen LogP contribution in [0.15, 0.2) is 41.4 Å². The summed E-state index contributed by atoms with van der Waals surface area (Å²) in [5, 5.41) is 0.747. The maximum Gasteiger partial charge on any atom is 0.178 e. The van der Waals surface area contributed by atoms with Gasteiger partial charge < -0.3 is 4.98 Å². The SMILES string of the molecule is [2H][2H].[2H][2H].[2H][2H].[2H]c1c(C)c(CCS(=O)(=O)c2ccc(C)c(C)c2)c([2H])c2c(C(C)(C)[C@]3(C)N(C)CCC3(C)C)c[nH]c12.[HH].[HH].[HH].[HH].[HH].[HH].[HH].[HH].[HH].[HH].[HH].[HH].[HH].[HH].[HH].[HH].[HH].[HH].[HH].[HH].[HH].[HH].[HH].[HH].[HH].[HH].[HH].[HH].[HH].[HH].[HH].[HH].[HH].[HH].[HH].[HH].[HH].[HH].[HH].[HH].[HH].[HH].[HH].[HH].[HH].[HH].[HH].[HH].[HH].[HH].[HH].[HH].[HH].[HH].[HH].[HH].[HH].[HH].[HH].[HH].[HH].[HH].[HH].[HH].[HH].[HH].[HH].[HH].[HH].[HH].[HH].[HH].[HH].[HH].[HH].[HH].[HH].[HH].[HH].[HH].[HH].[HH].[HH].[HH].[HH].[HH].[HH].[HH].[HH].[HH].[HH].[HH].[HH].[HH].[HH].[HH].[HH].[HH].[HH].[HH].[HH].[HH].[HH].[HH].[HH].[HH].[HH].[HH].[HH].[HH].[HH].[HH].[HH]. The van der Waals surface area contributed by atoms with Gasteiger partial charge >= 0.3 is 0 Å². The van der Waals surface area contributed by atoms with E-state index in [0.717, 1.165) is 35.0 Å². The number of aryl methyl sites for hydroxylation is 2. The van der Waals surface area contributed by atoms with Crippen molar-refractivity contribution in [1.29, 1.82) is 0 Å². The molecule has 1 aliphatic rings. The van der Waals surface area contributed by atoms with Gasteiger partial charge in [-0.2, -0.15) is 0 Å². The van der Waals surface area contributed by atoms with Crippen LogP contribution < -0.4 is 0 Å². The highest BCUT2D eigenvalue weighted by Gasteiger charge is 2.58. The maximum atomic E-state index is 13.2. The summed E-state index contributed by atoms with van der Waals surface area (Å²) >= 11 is 0. The summed E-state index contributed by atoms with van der Waals surface area (Å²) in [5.41, 5.74) is 4.53. The van der Waals surface area contributed by atoms with E-state index in [1.54, 1.807) is 12.1 Å². The fraction of sp³-hybridized carbons (Fsp3) is 0.533. The first kappa shape index (κ1) is 20.0. The molecule has 1 aliphatic heterocycles. The molecule has 0 spiro atoms. The molecule has 0 bridgehead atoms. The molecule has 5 heteroatoms. The molecule has 4 rings (SSSR count). The van der Waals surface area contributed by atoms with Crippen molar-refractivity contribution >= 4 is 20.7 Å². The number of fused-ring (bicyclic) bond motifs is 1. The fourth-order valence-electron chi connectivity index (χ4n) is 6.18. The van der Waals surface area contributed by atoms with Crippen LogP contribution in [-0.2, 0) is 21.7 Å². The van der Waals surface area contributed by atoms with Crippen LogP contribution in [0, 0.1) is 26.2 Å². The normalized spacial score (nSPS) is 22.7. The minimum absolute atomic E-state index is 0. The molecule has 35 heavy (non-hydrogen) atoms. The van der Waals surface area contributed by atoms with Gasteiger partial charge in [0.15, 0.2) is 9.84 Å². The fourth-order valence-corrected chi connectivity index (χ4v) is 7.52. The molecule has 0 amide bonds. The van der Waals surface area contributed by atoms with E-state index in [4.69, 9.17) is 10.3 Å². The summed E-state index contributed by atoms with van der Waals surface area (Å²) in [5.74, 6) is -0.0935. The van der Waals surface area contributed by atoms with Crippen LogP contribution in [0.1, 0.15) is 242 Å². The van der Waals surface area contributed by atoms with Gasteiger partial charge in [-0.15, -0.1) is 0 Å². The lowest BCUT2D eigenvalue weighted by Crippen LogP contribution is -2.59. The lowest BCUT2D eigenvalue weighted by Gasteiger charge is -2.53. The zero-order valence-corrected chi connectivity index (χ0v) is 23.6. The number of sulfone groups is 1. The summed E-state index contributed by atoms with van der Waals surface area (Å²) < 4.78 is 74.6. The molecule has 1 saturated heterocycles. The number of aromatic amines is 1. The molecule has 3 aromatic rings. The summed E-state index contributed by atoms with van der Waals surface area (Å²) in [6, 6.07) is 5.92. The standard InChI is InChI=1S/C30H42N2O2S.116H2/c1-20-10-11-24(16-21(20)2)35(33,34)15-12-23-18-25-26(19-31-27(25)17-22(23)3)29(6,7)30(8)28(4,5)13-14-32(30)9;;;;;;;;;;;;;;;;;;;;;;;;;;;;;;;;;;;;;;;;;;;;;;;;;;;;;;;;;;;;;;;;;;;;;;;;;;;;;;;;;;;;;;;;;;;;;;;;;;;;;;;;;;;;;;;;;;;;/h10-11,16-19,31H,12-15H2,1-9H3;116*1H/t30-;;;;;;;;;;;;;;;;;;;;;;;;;;;;;;;;;;;;;;;;;;;;;;;;;;;;;;;;;;;;;;;;;;;;;;;;;;;;;;;;;;;;;;;;;;;;;;;;;;;;;;;;;;;;;;;;;;;;/m1..................................................................................................................../s1/i17D,18D;3*1+1D;;;;;;;;;;;;;;;;;;;;;;;;;;;;;;;;;;;;;;;;;;;;;;;;;;;;;;;;;;;;;;;;;;;;;;;;;;;;;;;;;;;;;;;;;;;;;;;;;;;;;;;;;;;;;;;;;. The summed E-state index contributed by atoms with van der Waals surface area (Å²) in [7, 11) is -1.35. The molecular weight excluding hydrogens is 452 g/mol. The Bertz CT molecular complexity index is 1600. The van der Waals surface area contributed by atoms with Crippen molar-refractivity contribution in [3.8, 4) is 0 Å². The highest BCUT2D eigenvalue weighted by Crippen LogP contribution is 2.55. The highest BCUT2D eigenvalue weighted by atomic mass is 32.2. The number of hydrogen-bond acceptors (Lipinski definition) is 3. The Balaban J connectivity index is -0.00000000138. The number of nitrogens with one attached hydrogen (secondary N) is 1. The van der Waals surface area contributed by atoms with E-state index in [-0.39, 0.29) is 190 Å². The van der Waals surface area contributed by atoms with Crippen molar-refractivity contribution in [2.24, 2.45) is 5.41 Å². The van der Waals surface area contributed by atoms with Crippen LogP contribution in [0.2, 0.25) is 0 Å². The van der Waals surface area contributed by atoms with E-state index >= 15 is 0 Å². The molecule has 2 heterocycles. The quantitative estimate of drug-likeness (QED) is 0.274. The zero-order chi connectivity index (χ0) is 33.7. The third-order valence-corrected chi connectivity index (χ3v) is 11.1. The van der Waals surface area contributed by atoms with Gasteiger partial charge in [-0.3, -0.25) is 4.90 Å². The van der Waals surface area contributed by atoms with Gasteiger partial charge in [0.1, 0.15) is 0 Å². The molecule has 0 radical (unpaired) electrons. The molecule has 0 unspecified atom stereocenters. The summed E-state index contributed by atoms with van der Waals surface area (Å²) in [6.07, 6.45) is 3.27. The van der Waals surface area contributed by atoms with E-state index in [1.165, 1.54) is 0 Å². The molecule has 1 atom stereocenters. The van der Waals surface area contributed by atoms with Gasteiger partial charge in [-0.25, -0.2) is 8.42 Å². The van der Waals surface area contributed by atoms with E-state index in [0.29, 0.717) is 33.6 Å². The van der Waals surface area contributed by atoms with Crippen molar-refractivity contribution in [1.82, 2.24) is 9.88 Å².